The molecule has 0 bridgehead atoms. The van der Waals surface area contributed by atoms with Gasteiger partial charge in [0.15, 0.2) is 11.6 Å². The predicted molar refractivity (Wildman–Crippen MR) is 71.2 cm³/mol. The van der Waals surface area contributed by atoms with Crippen LogP contribution in [0.1, 0.15) is 11.1 Å². The first kappa shape index (κ1) is 12.9. The summed E-state index contributed by atoms with van der Waals surface area (Å²) in [7, 11) is 0. The Morgan fingerprint density at radius 2 is 2.05 bits per heavy atom. The molecule has 0 saturated carbocycles. The van der Waals surface area contributed by atoms with Gasteiger partial charge in [-0.1, -0.05) is 6.07 Å². The van der Waals surface area contributed by atoms with E-state index in [9.17, 15) is 8.78 Å². The van der Waals surface area contributed by atoms with Gasteiger partial charge in [0.05, 0.1) is 0 Å². The van der Waals surface area contributed by atoms with Crippen molar-refractivity contribution < 1.29 is 18.3 Å². The van der Waals surface area contributed by atoms with Crippen LogP contribution in [0.25, 0.3) is 0 Å². The molecule has 0 fully saturated rings. The van der Waals surface area contributed by atoms with Crippen molar-refractivity contribution in [3.63, 3.8) is 0 Å². The molecule has 0 aliphatic carbocycles. The average molecular weight is 276 g/mol. The van der Waals surface area contributed by atoms with Gasteiger partial charge in [0.2, 0.25) is 0 Å². The first-order chi connectivity index (χ1) is 9.61. The standard InChI is InChI=1S/C16H14F2O2/c1-10-2-4-14(18)16(6-10)19-9-13-8-11-7-12(17)3-5-15(11)20-13/h2-7,13H,8-9H2,1H3. The third-order valence-corrected chi connectivity index (χ3v) is 3.28. The largest absolute Gasteiger partial charge is 0.487 e. The fourth-order valence-electron chi connectivity index (χ4n) is 2.29. The maximum atomic E-state index is 13.5. The quantitative estimate of drug-likeness (QED) is 0.851. The molecule has 1 aliphatic heterocycles. The molecule has 0 aromatic heterocycles. The van der Waals surface area contributed by atoms with Gasteiger partial charge in [-0.05, 0) is 42.8 Å². The molecule has 1 atom stereocenters. The van der Waals surface area contributed by atoms with E-state index in [-0.39, 0.29) is 24.3 Å². The number of halogens is 2. The van der Waals surface area contributed by atoms with Gasteiger partial charge < -0.3 is 9.47 Å². The molecule has 4 heteroatoms. The van der Waals surface area contributed by atoms with Crippen molar-refractivity contribution in [2.45, 2.75) is 19.4 Å². The zero-order valence-corrected chi connectivity index (χ0v) is 11.0. The lowest BCUT2D eigenvalue weighted by Crippen LogP contribution is -2.22. The molecule has 0 saturated heterocycles. The highest BCUT2D eigenvalue weighted by Gasteiger charge is 2.24. The minimum atomic E-state index is -0.392. The van der Waals surface area contributed by atoms with Crippen LogP contribution < -0.4 is 9.47 Å². The van der Waals surface area contributed by atoms with Gasteiger partial charge in [-0.2, -0.15) is 0 Å². The highest BCUT2D eigenvalue weighted by atomic mass is 19.1. The van der Waals surface area contributed by atoms with Crippen LogP contribution >= 0.6 is 0 Å². The molecule has 2 aromatic rings. The van der Waals surface area contributed by atoms with Crippen molar-refractivity contribution in [2.24, 2.45) is 0 Å². The highest BCUT2D eigenvalue weighted by Crippen LogP contribution is 2.29. The molecule has 3 rings (SSSR count). The molecule has 0 amide bonds. The molecule has 2 nitrogen and oxygen atoms in total. The van der Waals surface area contributed by atoms with E-state index in [2.05, 4.69) is 0 Å². The summed E-state index contributed by atoms with van der Waals surface area (Å²) < 4.78 is 37.8. The van der Waals surface area contributed by atoms with Crippen LogP contribution in [-0.2, 0) is 6.42 Å². The summed E-state index contributed by atoms with van der Waals surface area (Å²) in [6.45, 7) is 2.10. The Morgan fingerprint density at radius 3 is 2.90 bits per heavy atom. The molecule has 0 radical (unpaired) electrons. The van der Waals surface area contributed by atoms with Crippen LogP contribution in [0.15, 0.2) is 36.4 Å². The predicted octanol–water partition coefficient (Wildman–Crippen LogP) is 3.66. The van der Waals surface area contributed by atoms with Crippen molar-refractivity contribution in [1.29, 1.82) is 0 Å². The molecule has 0 spiro atoms. The Labute approximate surface area is 116 Å². The van der Waals surface area contributed by atoms with Crippen molar-refractivity contribution in [3.05, 3.63) is 59.2 Å². The Kier molecular flexibility index (Phi) is 3.30. The van der Waals surface area contributed by atoms with E-state index in [4.69, 9.17) is 9.47 Å². The lowest BCUT2D eigenvalue weighted by molar-refractivity contribution is 0.145. The van der Waals surface area contributed by atoms with Crippen LogP contribution in [0.5, 0.6) is 11.5 Å². The van der Waals surface area contributed by atoms with E-state index in [0.29, 0.717) is 12.2 Å². The molecule has 104 valence electrons. The number of hydrogen-bond donors (Lipinski definition) is 0. The second kappa shape index (κ2) is 5.12. The summed E-state index contributed by atoms with van der Waals surface area (Å²) in [4.78, 5) is 0. The van der Waals surface area contributed by atoms with Gasteiger partial charge in [0.25, 0.3) is 0 Å². The summed E-state index contributed by atoms with van der Waals surface area (Å²) in [5.74, 6) is 0.219. The zero-order valence-electron chi connectivity index (χ0n) is 11.0. The van der Waals surface area contributed by atoms with Crippen LogP contribution in [0.3, 0.4) is 0 Å². The normalized spacial score (nSPS) is 16.6. The molecule has 20 heavy (non-hydrogen) atoms. The van der Waals surface area contributed by atoms with Gasteiger partial charge in [-0.25, -0.2) is 8.78 Å². The van der Waals surface area contributed by atoms with E-state index in [0.717, 1.165) is 11.1 Å². The van der Waals surface area contributed by atoms with Crippen molar-refractivity contribution in [3.8, 4) is 11.5 Å². The first-order valence-electron chi connectivity index (χ1n) is 6.46. The monoisotopic (exact) mass is 276 g/mol. The van der Waals surface area contributed by atoms with Gasteiger partial charge in [-0.15, -0.1) is 0 Å². The van der Waals surface area contributed by atoms with Crippen LogP contribution in [-0.4, -0.2) is 12.7 Å². The Balaban J connectivity index is 1.65. The molecule has 1 unspecified atom stereocenters. The summed E-state index contributed by atoms with van der Waals surface area (Å²) >= 11 is 0. The van der Waals surface area contributed by atoms with E-state index >= 15 is 0 Å². The molecule has 0 N–H and O–H groups in total. The maximum absolute atomic E-state index is 13.5. The minimum absolute atomic E-state index is 0.216. The highest BCUT2D eigenvalue weighted by molar-refractivity contribution is 5.38. The molecular weight excluding hydrogens is 262 g/mol. The number of fused-ring (bicyclic) bond motifs is 1. The van der Waals surface area contributed by atoms with Gasteiger partial charge in [0.1, 0.15) is 24.3 Å². The van der Waals surface area contributed by atoms with Crippen molar-refractivity contribution in [2.75, 3.05) is 6.61 Å². The minimum Gasteiger partial charge on any atom is -0.487 e. The van der Waals surface area contributed by atoms with Crippen molar-refractivity contribution in [1.82, 2.24) is 0 Å². The molecule has 1 aliphatic rings. The van der Waals surface area contributed by atoms with Crippen LogP contribution in [0.4, 0.5) is 8.78 Å². The van der Waals surface area contributed by atoms with E-state index < -0.39 is 5.82 Å². The maximum Gasteiger partial charge on any atom is 0.165 e. The second-order valence-corrected chi connectivity index (χ2v) is 4.94. The summed E-state index contributed by atoms with van der Waals surface area (Å²) in [6.07, 6.45) is 0.354. The second-order valence-electron chi connectivity index (χ2n) is 4.94. The number of rotatable bonds is 3. The summed E-state index contributed by atoms with van der Waals surface area (Å²) in [5, 5.41) is 0. The SMILES string of the molecule is Cc1ccc(F)c(OCC2Cc3cc(F)ccc3O2)c1. The zero-order chi connectivity index (χ0) is 14.1. The van der Waals surface area contributed by atoms with Crippen LogP contribution in [0, 0.1) is 18.6 Å². The number of ether oxygens (including phenoxy) is 2. The van der Waals surface area contributed by atoms with Gasteiger partial charge in [0, 0.05) is 12.0 Å². The topological polar surface area (TPSA) is 18.5 Å². The Hall–Kier alpha value is -2.10. The molecule has 2 aromatic carbocycles. The number of aryl methyl sites for hydroxylation is 1. The fraction of sp³-hybridized carbons (Fsp3) is 0.250. The van der Waals surface area contributed by atoms with Gasteiger partial charge >= 0.3 is 0 Å². The van der Waals surface area contributed by atoms with E-state index in [1.165, 1.54) is 18.2 Å². The van der Waals surface area contributed by atoms with E-state index in [1.807, 2.05) is 6.92 Å². The van der Waals surface area contributed by atoms with Crippen LogP contribution in [0.2, 0.25) is 0 Å². The average Bonchev–Trinajstić information content (AvgIpc) is 2.81. The summed E-state index contributed by atoms with van der Waals surface area (Å²) in [6, 6.07) is 9.15. The Morgan fingerprint density at radius 1 is 1.20 bits per heavy atom. The first-order valence-corrected chi connectivity index (χ1v) is 6.46. The fourth-order valence-corrected chi connectivity index (χ4v) is 2.29. The smallest absolute Gasteiger partial charge is 0.165 e. The van der Waals surface area contributed by atoms with Crippen molar-refractivity contribution >= 4 is 0 Å². The molecular formula is C16H14F2O2. The lowest BCUT2D eigenvalue weighted by Gasteiger charge is -2.13. The number of hydrogen-bond acceptors (Lipinski definition) is 2. The molecule has 1 heterocycles. The third kappa shape index (κ3) is 2.59. The Bertz CT molecular complexity index is 640. The lowest BCUT2D eigenvalue weighted by atomic mass is 10.1. The van der Waals surface area contributed by atoms with E-state index in [1.54, 1.807) is 18.2 Å². The third-order valence-electron chi connectivity index (χ3n) is 3.28. The number of benzene rings is 2. The van der Waals surface area contributed by atoms with Gasteiger partial charge in [-0.3, -0.25) is 0 Å². The summed E-state index contributed by atoms with van der Waals surface area (Å²) in [5.41, 5.74) is 1.75.